The van der Waals surface area contributed by atoms with E-state index in [4.69, 9.17) is 14.2 Å². The lowest BCUT2D eigenvalue weighted by Gasteiger charge is -2.21. The number of fused-ring (bicyclic) bond motifs is 1. The number of aryl methyl sites for hydroxylation is 2. The second-order valence-electron chi connectivity index (χ2n) is 7.00. The fourth-order valence-electron chi connectivity index (χ4n) is 3.16. The maximum Gasteiger partial charge on any atom is 0.325 e. The molecule has 1 aromatic carbocycles. The molecule has 2 heterocycles. The first kappa shape index (κ1) is 22.0. The van der Waals surface area contributed by atoms with Crippen molar-refractivity contribution in [2.75, 3.05) is 27.9 Å². The first-order valence-electron chi connectivity index (χ1n) is 9.59. The molecule has 0 N–H and O–H groups in total. The number of methoxy groups -OCH3 is 3. The van der Waals surface area contributed by atoms with E-state index in [0.717, 1.165) is 17.0 Å². The number of amides is 1. The van der Waals surface area contributed by atoms with Gasteiger partial charge in [0, 0.05) is 24.0 Å². The SMILES string of the molecule is COC(=O)CN(Cc1cc(OC)cc(OC)c1)C(=O)Cc1nc2nc(C)cc(C)n2n1. The summed E-state index contributed by atoms with van der Waals surface area (Å²) >= 11 is 0. The zero-order valence-corrected chi connectivity index (χ0v) is 18.2. The van der Waals surface area contributed by atoms with Crippen LogP contribution in [0.15, 0.2) is 24.3 Å². The number of carbonyl (C=O) groups is 2. The average Bonchev–Trinajstić information content (AvgIpc) is 3.15. The highest BCUT2D eigenvalue weighted by Gasteiger charge is 2.21. The number of hydrogen-bond donors (Lipinski definition) is 0. The van der Waals surface area contributed by atoms with E-state index in [1.165, 1.54) is 12.0 Å². The number of rotatable bonds is 8. The summed E-state index contributed by atoms with van der Waals surface area (Å²) in [6.45, 7) is 3.71. The Balaban J connectivity index is 1.85. The fourth-order valence-corrected chi connectivity index (χ4v) is 3.16. The van der Waals surface area contributed by atoms with Crippen LogP contribution in [0, 0.1) is 13.8 Å². The van der Waals surface area contributed by atoms with Gasteiger partial charge in [-0.05, 0) is 37.6 Å². The van der Waals surface area contributed by atoms with Crippen LogP contribution in [-0.2, 0) is 27.3 Å². The molecular weight excluding hydrogens is 402 g/mol. The number of benzene rings is 1. The quantitative estimate of drug-likeness (QED) is 0.498. The number of esters is 1. The normalized spacial score (nSPS) is 10.7. The van der Waals surface area contributed by atoms with Crippen molar-refractivity contribution >= 4 is 17.7 Å². The molecule has 31 heavy (non-hydrogen) atoms. The Bertz CT molecular complexity index is 1090. The van der Waals surface area contributed by atoms with E-state index in [0.29, 0.717) is 23.1 Å². The van der Waals surface area contributed by atoms with Gasteiger partial charge in [0.05, 0.1) is 27.8 Å². The van der Waals surface area contributed by atoms with Crippen LogP contribution in [0.5, 0.6) is 11.5 Å². The van der Waals surface area contributed by atoms with E-state index in [-0.39, 0.29) is 25.4 Å². The minimum Gasteiger partial charge on any atom is -0.497 e. The van der Waals surface area contributed by atoms with Gasteiger partial charge in [-0.1, -0.05) is 0 Å². The van der Waals surface area contributed by atoms with Crippen LogP contribution < -0.4 is 9.47 Å². The third-order valence-corrected chi connectivity index (χ3v) is 4.66. The Kier molecular flexibility index (Phi) is 6.68. The second-order valence-corrected chi connectivity index (χ2v) is 7.00. The second kappa shape index (κ2) is 9.41. The highest BCUT2D eigenvalue weighted by Crippen LogP contribution is 2.23. The van der Waals surface area contributed by atoms with E-state index in [2.05, 4.69) is 15.1 Å². The molecule has 2 aromatic heterocycles. The predicted octanol–water partition coefficient (Wildman–Crippen LogP) is 1.50. The maximum atomic E-state index is 13.1. The lowest BCUT2D eigenvalue weighted by atomic mass is 10.1. The van der Waals surface area contributed by atoms with Gasteiger partial charge in [-0.15, -0.1) is 5.10 Å². The molecule has 0 aliphatic carbocycles. The molecule has 10 heteroatoms. The molecule has 0 atom stereocenters. The van der Waals surface area contributed by atoms with Crippen LogP contribution >= 0.6 is 0 Å². The summed E-state index contributed by atoms with van der Waals surface area (Å²) in [5.74, 6) is 1.07. The summed E-state index contributed by atoms with van der Waals surface area (Å²) in [6, 6.07) is 7.17. The topological polar surface area (TPSA) is 108 Å². The third kappa shape index (κ3) is 5.27. The van der Waals surface area contributed by atoms with E-state index in [1.807, 2.05) is 19.9 Å². The molecule has 0 unspecified atom stereocenters. The molecule has 0 spiro atoms. The molecule has 3 aromatic rings. The van der Waals surface area contributed by atoms with Gasteiger partial charge in [0.1, 0.15) is 18.0 Å². The molecule has 0 saturated heterocycles. The van der Waals surface area contributed by atoms with E-state index >= 15 is 0 Å². The van der Waals surface area contributed by atoms with Crippen LogP contribution in [-0.4, -0.2) is 64.2 Å². The highest BCUT2D eigenvalue weighted by atomic mass is 16.5. The zero-order valence-electron chi connectivity index (χ0n) is 18.2. The van der Waals surface area contributed by atoms with Gasteiger partial charge in [0.25, 0.3) is 5.78 Å². The summed E-state index contributed by atoms with van der Waals surface area (Å²) < 4.78 is 16.9. The standard InChI is InChI=1S/C21H25N5O5/c1-13-6-14(2)26-21(22-13)23-18(24-26)10-19(27)25(12-20(28)31-5)11-15-7-16(29-3)9-17(8-15)30-4/h6-9H,10-12H2,1-5H3. The number of carbonyl (C=O) groups excluding carboxylic acids is 2. The average molecular weight is 427 g/mol. The lowest BCUT2D eigenvalue weighted by molar-refractivity contribution is -0.147. The van der Waals surface area contributed by atoms with Crippen molar-refractivity contribution in [2.45, 2.75) is 26.8 Å². The molecule has 10 nitrogen and oxygen atoms in total. The lowest BCUT2D eigenvalue weighted by Crippen LogP contribution is -2.37. The molecule has 164 valence electrons. The van der Waals surface area contributed by atoms with Crippen molar-refractivity contribution < 1.29 is 23.8 Å². The van der Waals surface area contributed by atoms with Crippen molar-refractivity contribution in [3.8, 4) is 11.5 Å². The van der Waals surface area contributed by atoms with Crippen LogP contribution in [0.2, 0.25) is 0 Å². The monoisotopic (exact) mass is 427 g/mol. The number of ether oxygens (including phenoxy) is 3. The van der Waals surface area contributed by atoms with Crippen molar-refractivity contribution in [1.82, 2.24) is 24.5 Å². The van der Waals surface area contributed by atoms with Gasteiger partial charge in [0.15, 0.2) is 5.82 Å². The first-order chi connectivity index (χ1) is 14.8. The smallest absolute Gasteiger partial charge is 0.325 e. The van der Waals surface area contributed by atoms with Crippen molar-refractivity contribution in [3.05, 3.63) is 47.0 Å². The van der Waals surface area contributed by atoms with Gasteiger partial charge in [-0.2, -0.15) is 4.98 Å². The van der Waals surface area contributed by atoms with E-state index in [9.17, 15) is 9.59 Å². The summed E-state index contributed by atoms with van der Waals surface area (Å²) in [7, 11) is 4.37. The molecule has 0 bridgehead atoms. The number of nitrogens with zero attached hydrogens (tertiary/aromatic N) is 5. The molecule has 0 aliphatic heterocycles. The minimum atomic E-state index is -0.528. The molecular formula is C21H25N5O5. The van der Waals surface area contributed by atoms with Crippen LogP contribution in [0.4, 0.5) is 0 Å². The number of hydrogen-bond acceptors (Lipinski definition) is 8. The van der Waals surface area contributed by atoms with E-state index < -0.39 is 5.97 Å². The largest absolute Gasteiger partial charge is 0.497 e. The summed E-state index contributed by atoms with van der Waals surface area (Å²) in [6.07, 6.45) is -0.0834. The van der Waals surface area contributed by atoms with Crippen molar-refractivity contribution in [1.29, 1.82) is 0 Å². The van der Waals surface area contributed by atoms with Gasteiger partial charge in [-0.3, -0.25) is 9.59 Å². The van der Waals surface area contributed by atoms with E-state index in [1.54, 1.807) is 36.9 Å². The Labute approximate surface area is 179 Å². The molecule has 3 rings (SSSR count). The van der Waals surface area contributed by atoms with Crippen LogP contribution in [0.1, 0.15) is 22.8 Å². The minimum absolute atomic E-state index is 0.0834. The van der Waals surface area contributed by atoms with Gasteiger partial charge in [0.2, 0.25) is 5.91 Å². The maximum absolute atomic E-state index is 13.1. The molecule has 0 radical (unpaired) electrons. The molecule has 0 aliphatic rings. The molecule has 0 fully saturated rings. The predicted molar refractivity (Wildman–Crippen MR) is 111 cm³/mol. The Morgan fingerprint density at radius 2 is 1.68 bits per heavy atom. The highest BCUT2D eigenvalue weighted by molar-refractivity contribution is 5.83. The summed E-state index contributed by atoms with van der Waals surface area (Å²) in [5.41, 5.74) is 2.42. The van der Waals surface area contributed by atoms with Gasteiger partial charge in [-0.25, -0.2) is 9.50 Å². The molecule has 1 amide bonds. The number of aromatic nitrogens is 4. The van der Waals surface area contributed by atoms with Gasteiger partial charge >= 0.3 is 5.97 Å². The van der Waals surface area contributed by atoms with Crippen LogP contribution in [0.3, 0.4) is 0 Å². The Morgan fingerprint density at radius 1 is 1.00 bits per heavy atom. The Hall–Kier alpha value is -3.69. The third-order valence-electron chi connectivity index (χ3n) is 4.66. The Morgan fingerprint density at radius 3 is 2.29 bits per heavy atom. The summed E-state index contributed by atoms with van der Waals surface area (Å²) in [5, 5.41) is 4.38. The summed E-state index contributed by atoms with van der Waals surface area (Å²) in [4.78, 5) is 35.1. The molecule has 0 saturated carbocycles. The first-order valence-corrected chi connectivity index (χ1v) is 9.59. The fraction of sp³-hybridized carbons (Fsp3) is 0.381. The van der Waals surface area contributed by atoms with Crippen molar-refractivity contribution in [3.63, 3.8) is 0 Å². The van der Waals surface area contributed by atoms with Crippen molar-refractivity contribution in [2.24, 2.45) is 0 Å². The van der Waals surface area contributed by atoms with Crippen LogP contribution in [0.25, 0.3) is 5.78 Å². The van der Waals surface area contributed by atoms with Gasteiger partial charge < -0.3 is 19.1 Å². The zero-order chi connectivity index (χ0) is 22.5.